The van der Waals surface area contributed by atoms with Crippen molar-refractivity contribution in [2.24, 2.45) is 0 Å². The largest absolute Gasteiger partial charge is 0.374 e. The molecule has 126 valence electrons. The van der Waals surface area contributed by atoms with Crippen LogP contribution in [0.4, 0.5) is 10.2 Å². The van der Waals surface area contributed by atoms with Gasteiger partial charge in [-0.15, -0.1) is 0 Å². The van der Waals surface area contributed by atoms with Gasteiger partial charge in [0.15, 0.2) is 5.82 Å². The van der Waals surface area contributed by atoms with E-state index in [0.717, 1.165) is 24.5 Å². The van der Waals surface area contributed by atoms with Gasteiger partial charge in [-0.05, 0) is 25.0 Å². The highest BCUT2D eigenvalue weighted by Crippen LogP contribution is 2.29. The molecule has 0 amide bonds. The van der Waals surface area contributed by atoms with Crippen molar-refractivity contribution >= 4 is 11.7 Å². The van der Waals surface area contributed by atoms with E-state index < -0.39 is 0 Å². The summed E-state index contributed by atoms with van der Waals surface area (Å²) in [5.41, 5.74) is 1.88. The SMILES string of the molecule is CNc1[nH]c(-c2ccncc2F)cc1C(=N)N1CC2CCC(C1)N2. The fourth-order valence-electron chi connectivity index (χ4n) is 3.73. The summed E-state index contributed by atoms with van der Waals surface area (Å²) in [6.07, 6.45) is 5.12. The number of H-pyrrole nitrogens is 1. The molecule has 4 N–H and O–H groups in total. The zero-order chi connectivity index (χ0) is 16.7. The lowest BCUT2D eigenvalue weighted by Crippen LogP contribution is -2.53. The third kappa shape index (κ3) is 2.54. The highest BCUT2D eigenvalue weighted by Gasteiger charge is 2.34. The number of aromatic amines is 1. The van der Waals surface area contributed by atoms with Crippen LogP contribution in [0.2, 0.25) is 0 Å². The van der Waals surface area contributed by atoms with E-state index in [1.807, 2.05) is 6.07 Å². The summed E-state index contributed by atoms with van der Waals surface area (Å²) in [6, 6.07) is 4.42. The van der Waals surface area contributed by atoms with Crippen LogP contribution in [0.1, 0.15) is 18.4 Å². The number of nitrogens with one attached hydrogen (secondary N) is 4. The van der Waals surface area contributed by atoms with E-state index in [1.54, 1.807) is 19.3 Å². The number of likely N-dealkylation sites (tertiary alicyclic amines) is 1. The maximum absolute atomic E-state index is 14.0. The molecule has 0 radical (unpaired) electrons. The number of nitrogens with zero attached hydrogens (tertiary/aromatic N) is 2. The van der Waals surface area contributed by atoms with Crippen LogP contribution in [0.3, 0.4) is 0 Å². The summed E-state index contributed by atoms with van der Waals surface area (Å²) in [7, 11) is 1.80. The third-order valence-corrected chi connectivity index (χ3v) is 4.92. The molecule has 6 nitrogen and oxygen atoms in total. The Labute approximate surface area is 140 Å². The number of amidine groups is 1. The standard InChI is InChI=1S/C17H21FN6/c1-20-17-13(6-15(23-17)12-4-5-21-7-14(12)18)16(19)24-8-10-2-3-11(9-24)22-10/h4-7,10-11,19-20,22-23H,2-3,8-9H2,1H3. The first kappa shape index (κ1) is 15.1. The van der Waals surface area contributed by atoms with Crippen molar-refractivity contribution in [2.45, 2.75) is 24.9 Å². The number of pyridine rings is 1. The van der Waals surface area contributed by atoms with Crippen LogP contribution in [0.15, 0.2) is 24.5 Å². The number of hydrogen-bond donors (Lipinski definition) is 4. The Morgan fingerprint density at radius 3 is 2.79 bits per heavy atom. The molecule has 2 atom stereocenters. The van der Waals surface area contributed by atoms with E-state index in [2.05, 4.69) is 25.5 Å². The maximum atomic E-state index is 14.0. The summed E-state index contributed by atoms with van der Waals surface area (Å²) in [5.74, 6) is 0.839. The Hall–Kier alpha value is -2.41. The monoisotopic (exact) mass is 328 g/mol. The second-order valence-corrected chi connectivity index (χ2v) is 6.47. The molecule has 2 aromatic heterocycles. The summed E-state index contributed by atoms with van der Waals surface area (Å²) < 4.78 is 14.0. The highest BCUT2D eigenvalue weighted by molar-refractivity contribution is 6.02. The summed E-state index contributed by atoms with van der Waals surface area (Å²) >= 11 is 0. The van der Waals surface area contributed by atoms with Crippen molar-refractivity contribution in [1.29, 1.82) is 5.41 Å². The number of halogens is 1. The van der Waals surface area contributed by atoms with Crippen LogP contribution >= 0.6 is 0 Å². The number of rotatable bonds is 3. The molecule has 2 aromatic rings. The lowest BCUT2D eigenvalue weighted by Gasteiger charge is -2.34. The number of anilines is 1. The Bertz CT molecular complexity index is 758. The Balaban J connectivity index is 1.65. The van der Waals surface area contributed by atoms with Crippen molar-refractivity contribution in [3.8, 4) is 11.3 Å². The molecule has 0 aliphatic carbocycles. The molecule has 2 saturated heterocycles. The minimum Gasteiger partial charge on any atom is -0.374 e. The average Bonchev–Trinajstić information content (AvgIpc) is 3.17. The van der Waals surface area contributed by atoms with Crippen LogP contribution in [0.25, 0.3) is 11.3 Å². The van der Waals surface area contributed by atoms with E-state index in [1.165, 1.54) is 19.0 Å². The van der Waals surface area contributed by atoms with Gasteiger partial charge in [0, 0.05) is 44.0 Å². The second-order valence-electron chi connectivity index (χ2n) is 6.47. The third-order valence-electron chi connectivity index (χ3n) is 4.92. The number of piperazine rings is 1. The van der Waals surface area contributed by atoms with Crippen LogP contribution in [0, 0.1) is 11.2 Å². The van der Waals surface area contributed by atoms with E-state index >= 15 is 0 Å². The van der Waals surface area contributed by atoms with Crippen LogP contribution in [-0.2, 0) is 0 Å². The predicted molar refractivity (Wildman–Crippen MR) is 91.9 cm³/mol. The molecule has 4 rings (SSSR count). The van der Waals surface area contributed by atoms with E-state index in [0.29, 0.717) is 29.2 Å². The molecule has 2 bridgehead atoms. The molecule has 0 saturated carbocycles. The van der Waals surface area contributed by atoms with Gasteiger partial charge in [-0.25, -0.2) is 4.39 Å². The molecular weight excluding hydrogens is 307 g/mol. The fraction of sp³-hybridized carbons (Fsp3) is 0.412. The van der Waals surface area contributed by atoms with Gasteiger partial charge in [-0.2, -0.15) is 0 Å². The maximum Gasteiger partial charge on any atom is 0.150 e. The Morgan fingerprint density at radius 2 is 2.12 bits per heavy atom. The Morgan fingerprint density at radius 1 is 1.38 bits per heavy atom. The molecule has 2 aliphatic heterocycles. The normalized spacial score (nSPS) is 22.7. The first-order valence-corrected chi connectivity index (χ1v) is 8.26. The van der Waals surface area contributed by atoms with E-state index in [9.17, 15) is 4.39 Å². The van der Waals surface area contributed by atoms with Gasteiger partial charge in [0.25, 0.3) is 0 Å². The zero-order valence-corrected chi connectivity index (χ0v) is 13.6. The summed E-state index contributed by atoms with van der Waals surface area (Å²) in [6.45, 7) is 1.70. The predicted octanol–water partition coefficient (Wildman–Crippen LogP) is 2.02. The zero-order valence-electron chi connectivity index (χ0n) is 13.6. The van der Waals surface area contributed by atoms with Gasteiger partial charge in [-0.1, -0.05) is 0 Å². The highest BCUT2D eigenvalue weighted by atomic mass is 19.1. The first-order chi connectivity index (χ1) is 11.7. The molecule has 0 spiro atoms. The van der Waals surface area contributed by atoms with Crippen LogP contribution in [0.5, 0.6) is 0 Å². The van der Waals surface area contributed by atoms with Crippen molar-refractivity contribution < 1.29 is 4.39 Å². The minimum absolute atomic E-state index is 0.375. The molecule has 0 aromatic carbocycles. The topological polar surface area (TPSA) is 79.8 Å². The lowest BCUT2D eigenvalue weighted by atomic mass is 10.1. The van der Waals surface area contributed by atoms with Crippen molar-refractivity contribution in [1.82, 2.24) is 20.2 Å². The van der Waals surface area contributed by atoms with Crippen molar-refractivity contribution in [3.63, 3.8) is 0 Å². The van der Waals surface area contributed by atoms with E-state index in [4.69, 9.17) is 5.41 Å². The molecule has 2 unspecified atom stereocenters. The van der Waals surface area contributed by atoms with Gasteiger partial charge < -0.3 is 20.5 Å². The smallest absolute Gasteiger partial charge is 0.150 e. The summed E-state index contributed by atoms with van der Waals surface area (Å²) in [4.78, 5) is 9.10. The van der Waals surface area contributed by atoms with Gasteiger partial charge in [0.2, 0.25) is 0 Å². The number of hydrogen-bond acceptors (Lipinski definition) is 4. The molecule has 2 aliphatic rings. The molecular formula is C17H21FN6. The van der Waals surface area contributed by atoms with Crippen molar-refractivity contribution in [3.05, 3.63) is 35.9 Å². The molecule has 7 heteroatoms. The van der Waals surface area contributed by atoms with Gasteiger partial charge in [0.1, 0.15) is 11.7 Å². The Kier molecular flexibility index (Phi) is 3.72. The van der Waals surface area contributed by atoms with Gasteiger partial charge in [-0.3, -0.25) is 10.4 Å². The van der Waals surface area contributed by atoms with Gasteiger partial charge in [0.05, 0.1) is 17.5 Å². The lowest BCUT2D eigenvalue weighted by molar-refractivity contribution is 0.288. The van der Waals surface area contributed by atoms with Crippen LogP contribution < -0.4 is 10.6 Å². The van der Waals surface area contributed by atoms with E-state index in [-0.39, 0.29) is 5.82 Å². The summed E-state index contributed by atoms with van der Waals surface area (Å²) in [5, 5.41) is 15.3. The van der Waals surface area contributed by atoms with Gasteiger partial charge >= 0.3 is 0 Å². The molecule has 24 heavy (non-hydrogen) atoms. The quantitative estimate of drug-likeness (QED) is 0.513. The minimum atomic E-state index is -0.375. The molecule has 2 fully saturated rings. The number of fused-ring (bicyclic) bond motifs is 2. The fourth-order valence-corrected chi connectivity index (χ4v) is 3.73. The van der Waals surface area contributed by atoms with Crippen LogP contribution in [-0.4, -0.2) is 52.9 Å². The van der Waals surface area contributed by atoms with Crippen molar-refractivity contribution in [2.75, 3.05) is 25.5 Å². The first-order valence-electron chi connectivity index (χ1n) is 8.26. The number of aromatic nitrogens is 2. The molecule has 4 heterocycles. The average molecular weight is 328 g/mol. The second kappa shape index (κ2) is 5.90.